The number of rotatable bonds is 5. The van der Waals surface area contributed by atoms with Crippen molar-refractivity contribution in [3.8, 4) is 0 Å². The second-order valence-corrected chi connectivity index (χ2v) is 2.93. The molecule has 3 heteroatoms. The van der Waals surface area contributed by atoms with Crippen molar-refractivity contribution in [2.24, 2.45) is 0 Å². The van der Waals surface area contributed by atoms with Crippen LogP contribution in [0.15, 0.2) is 30.3 Å². The van der Waals surface area contributed by atoms with Crippen LogP contribution in [0.2, 0.25) is 0 Å². The zero-order chi connectivity index (χ0) is 11.1. The molecule has 0 amide bonds. The summed E-state index contributed by atoms with van der Waals surface area (Å²) in [7, 11) is 3.16. The Labute approximate surface area is 89.3 Å². The Kier molecular flexibility index (Phi) is 4.74. The Bertz CT molecular complexity index is 340. The van der Waals surface area contributed by atoms with Gasteiger partial charge in [0.25, 0.3) is 0 Å². The maximum atomic E-state index is 10.2. The van der Waals surface area contributed by atoms with Gasteiger partial charge in [-0.25, -0.2) is 0 Å². The van der Waals surface area contributed by atoms with E-state index < -0.39 is 6.29 Å². The molecule has 0 saturated carbocycles. The van der Waals surface area contributed by atoms with E-state index in [0.717, 1.165) is 17.4 Å². The van der Waals surface area contributed by atoms with Crippen LogP contribution in [0, 0.1) is 0 Å². The van der Waals surface area contributed by atoms with Crippen LogP contribution >= 0.6 is 0 Å². The highest BCUT2D eigenvalue weighted by atomic mass is 16.7. The van der Waals surface area contributed by atoms with Crippen LogP contribution in [0.3, 0.4) is 0 Å². The van der Waals surface area contributed by atoms with E-state index in [0.29, 0.717) is 0 Å². The van der Waals surface area contributed by atoms with Crippen LogP contribution in [0.25, 0.3) is 6.08 Å². The third-order valence-electron chi connectivity index (χ3n) is 2.03. The van der Waals surface area contributed by atoms with Gasteiger partial charge in [0, 0.05) is 19.8 Å². The van der Waals surface area contributed by atoms with Crippen LogP contribution in [0.5, 0.6) is 0 Å². The fraction of sp³-hybridized carbons (Fsp3) is 0.250. The molecule has 0 aliphatic carbocycles. The van der Waals surface area contributed by atoms with Gasteiger partial charge in [0.2, 0.25) is 0 Å². The van der Waals surface area contributed by atoms with Crippen LogP contribution < -0.4 is 0 Å². The summed E-state index contributed by atoms with van der Waals surface area (Å²) in [6.07, 6.45) is 3.51. The molecule has 0 heterocycles. The summed E-state index contributed by atoms with van der Waals surface area (Å²) in [6.45, 7) is 0. The largest absolute Gasteiger partial charge is 0.352 e. The third-order valence-corrected chi connectivity index (χ3v) is 2.03. The van der Waals surface area contributed by atoms with Crippen molar-refractivity contribution in [1.82, 2.24) is 0 Å². The van der Waals surface area contributed by atoms with E-state index in [-0.39, 0.29) is 0 Å². The lowest BCUT2D eigenvalue weighted by Crippen LogP contribution is -2.05. The first-order chi connectivity index (χ1) is 7.33. The molecule has 3 nitrogen and oxygen atoms in total. The van der Waals surface area contributed by atoms with E-state index in [4.69, 9.17) is 9.47 Å². The van der Waals surface area contributed by atoms with Crippen LogP contribution in [0.4, 0.5) is 0 Å². The van der Waals surface area contributed by atoms with E-state index in [1.54, 1.807) is 20.3 Å². The minimum absolute atomic E-state index is 0.405. The van der Waals surface area contributed by atoms with Gasteiger partial charge < -0.3 is 9.47 Å². The summed E-state index contributed by atoms with van der Waals surface area (Å²) in [5, 5.41) is 0. The second kappa shape index (κ2) is 6.11. The maximum absolute atomic E-state index is 10.2. The molecule has 0 aliphatic rings. The van der Waals surface area contributed by atoms with E-state index in [9.17, 15) is 4.79 Å². The highest BCUT2D eigenvalue weighted by molar-refractivity contribution is 5.74. The van der Waals surface area contributed by atoms with Gasteiger partial charge in [-0.1, -0.05) is 30.3 Å². The lowest BCUT2D eigenvalue weighted by Gasteiger charge is -2.15. The minimum atomic E-state index is -0.405. The quantitative estimate of drug-likeness (QED) is 0.421. The van der Waals surface area contributed by atoms with Gasteiger partial charge in [-0.2, -0.15) is 0 Å². The monoisotopic (exact) mass is 206 g/mol. The Morgan fingerprint density at radius 2 is 1.87 bits per heavy atom. The molecule has 1 rings (SSSR count). The highest BCUT2D eigenvalue weighted by Crippen LogP contribution is 2.22. The average Bonchev–Trinajstić information content (AvgIpc) is 2.29. The highest BCUT2D eigenvalue weighted by Gasteiger charge is 2.11. The van der Waals surface area contributed by atoms with E-state index in [1.807, 2.05) is 24.3 Å². The molecule has 0 unspecified atom stereocenters. The SMILES string of the molecule is COC(OC)c1ccccc1/C=C/C=O. The van der Waals surface area contributed by atoms with Crippen molar-refractivity contribution in [2.75, 3.05) is 14.2 Å². The molecule has 0 radical (unpaired) electrons. The molecule has 0 fully saturated rings. The summed E-state index contributed by atoms with van der Waals surface area (Å²) in [5.74, 6) is 0. The summed E-state index contributed by atoms with van der Waals surface area (Å²) >= 11 is 0. The molecule has 80 valence electrons. The predicted molar refractivity (Wildman–Crippen MR) is 58.3 cm³/mol. The number of hydrogen-bond donors (Lipinski definition) is 0. The molecule has 0 bridgehead atoms. The van der Waals surface area contributed by atoms with Crippen LogP contribution in [-0.4, -0.2) is 20.5 Å². The average molecular weight is 206 g/mol. The van der Waals surface area contributed by atoms with Gasteiger partial charge in [-0.15, -0.1) is 0 Å². The number of aldehydes is 1. The zero-order valence-corrected chi connectivity index (χ0v) is 8.84. The van der Waals surface area contributed by atoms with Crippen molar-refractivity contribution >= 4 is 12.4 Å². The molecule has 0 aromatic heterocycles. The molecule has 0 atom stereocenters. The number of allylic oxidation sites excluding steroid dienone is 1. The Morgan fingerprint density at radius 1 is 1.20 bits per heavy atom. The number of carbonyl (C=O) groups is 1. The van der Waals surface area contributed by atoms with Gasteiger partial charge in [-0.05, 0) is 11.6 Å². The summed E-state index contributed by atoms with van der Waals surface area (Å²) in [5.41, 5.74) is 1.82. The number of ether oxygens (including phenoxy) is 2. The lowest BCUT2D eigenvalue weighted by atomic mass is 10.1. The molecule has 0 saturated heterocycles. The summed E-state index contributed by atoms with van der Waals surface area (Å²) < 4.78 is 10.3. The van der Waals surface area contributed by atoms with Gasteiger partial charge in [0.05, 0.1) is 0 Å². The van der Waals surface area contributed by atoms with E-state index in [1.165, 1.54) is 6.08 Å². The predicted octanol–water partition coefficient (Wildman–Crippen LogP) is 2.19. The van der Waals surface area contributed by atoms with Crippen LogP contribution in [-0.2, 0) is 14.3 Å². The van der Waals surface area contributed by atoms with Gasteiger partial charge in [0.15, 0.2) is 6.29 Å². The van der Waals surface area contributed by atoms with Crippen molar-refractivity contribution < 1.29 is 14.3 Å². The van der Waals surface area contributed by atoms with Crippen molar-refractivity contribution in [2.45, 2.75) is 6.29 Å². The molecule has 15 heavy (non-hydrogen) atoms. The Morgan fingerprint density at radius 3 is 2.47 bits per heavy atom. The summed E-state index contributed by atoms with van der Waals surface area (Å²) in [6, 6.07) is 7.61. The third kappa shape index (κ3) is 3.01. The van der Waals surface area contributed by atoms with Gasteiger partial charge >= 0.3 is 0 Å². The molecule has 1 aromatic rings. The number of hydrogen-bond acceptors (Lipinski definition) is 3. The molecule has 1 aromatic carbocycles. The van der Waals surface area contributed by atoms with Crippen molar-refractivity contribution in [3.05, 3.63) is 41.5 Å². The van der Waals surface area contributed by atoms with Gasteiger partial charge in [-0.3, -0.25) is 4.79 Å². The zero-order valence-electron chi connectivity index (χ0n) is 8.84. The normalized spacial score (nSPS) is 11.1. The molecular weight excluding hydrogens is 192 g/mol. The van der Waals surface area contributed by atoms with Crippen molar-refractivity contribution in [3.63, 3.8) is 0 Å². The minimum Gasteiger partial charge on any atom is -0.352 e. The fourth-order valence-corrected chi connectivity index (χ4v) is 1.37. The van der Waals surface area contributed by atoms with Gasteiger partial charge in [0.1, 0.15) is 6.29 Å². The van der Waals surface area contributed by atoms with E-state index in [2.05, 4.69) is 0 Å². The maximum Gasteiger partial charge on any atom is 0.183 e. The molecule has 0 spiro atoms. The van der Waals surface area contributed by atoms with E-state index >= 15 is 0 Å². The molecular formula is C12H14O3. The molecule has 0 N–H and O–H groups in total. The lowest BCUT2D eigenvalue weighted by molar-refractivity contribution is -0.106. The van der Waals surface area contributed by atoms with Crippen molar-refractivity contribution in [1.29, 1.82) is 0 Å². The number of benzene rings is 1. The first-order valence-electron chi connectivity index (χ1n) is 4.59. The number of methoxy groups -OCH3 is 2. The fourth-order valence-electron chi connectivity index (χ4n) is 1.37. The Balaban J connectivity index is 3.04. The Hall–Kier alpha value is -1.45. The first-order valence-corrected chi connectivity index (χ1v) is 4.59. The number of carbonyl (C=O) groups excluding carboxylic acids is 1. The van der Waals surface area contributed by atoms with Crippen LogP contribution in [0.1, 0.15) is 17.4 Å². The standard InChI is InChI=1S/C12H14O3/c1-14-12(15-2)11-8-4-3-6-10(11)7-5-9-13/h3-9,12H,1-2H3/b7-5+. The second-order valence-electron chi connectivity index (χ2n) is 2.93. The molecule has 0 aliphatic heterocycles. The summed E-state index contributed by atoms with van der Waals surface area (Å²) in [4.78, 5) is 10.2. The smallest absolute Gasteiger partial charge is 0.183 e. The first kappa shape index (κ1) is 11.6. The topological polar surface area (TPSA) is 35.5 Å².